The molecule has 0 aliphatic carbocycles. The molecule has 4 aromatic rings. The van der Waals surface area contributed by atoms with Crippen LogP contribution in [0.5, 0.6) is 0 Å². The Morgan fingerprint density at radius 2 is 1.62 bits per heavy atom. The molecule has 0 fully saturated rings. The summed E-state index contributed by atoms with van der Waals surface area (Å²) in [5.41, 5.74) is 2.58. The van der Waals surface area contributed by atoms with Crippen molar-refractivity contribution in [2.24, 2.45) is 7.05 Å². The van der Waals surface area contributed by atoms with Crippen LogP contribution in [0.2, 0.25) is 0 Å². The zero-order valence-corrected chi connectivity index (χ0v) is 17.8. The minimum Gasteiger partial charge on any atom is -0.444 e. The molecule has 0 saturated heterocycles. The molecule has 2 aromatic heterocycles. The highest BCUT2D eigenvalue weighted by atomic mass is 16.4. The van der Waals surface area contributed by atoms with Gasteiger partial charge in [0.25, 0.3) is 11.5 Å². The van der Waals surface area contributed by atoms with Gasteiger partial charge in [0, 0.05) is 23.7 Å². The fourth-order valence-corrected chi connectivity index (χ4v) is 3.54. The van der Waals surface area contributed by atoms with E-state index in [1.807, 2.05) is 66.7 Å². The summed E-state index contributed by atoms with van der Waals surface area (Å²) in [5.74, 6) is -0.131. The molecule has 0 unspecified atom stereocenters. The van der Waals surface area contributed by atoms with Crippen LogP contribution in [-0.4, -0.2) is 15.7 Å². The Kier molecular flexibility index (Phi) is 5.44. The lowest BCUT2D eigenvalue weighted by Crippen LogP contribution is -2.31. The molecule has 2 heterocycles. The molecule has 0 bridgehead atoms. The van der Waals surface area contributed by atoms with E-state index in [-0.39, 0.29) is 17.0 Å². The number of aromatic nitrogens is 2. The summed E-state index contributed by atoms with van der Waals surface area (Å²) in [6.07, 6.45) is 0. The molecule has 0 radical (unpaired) electrons. The summed E-state index contributed by atoms with van der Waals surface area (Å²) >= 11 is 0. The van der Waals surface area contributed by atoms with Gasteiger partial charge < -0.3 is 4.42 Å². The van der Waals surface area contributed by atoms with Crippen LogP contribution in [0.1, 0.15) is 27.2 Å². The van der Waals surface area contributed by atoms with Crippen LogP contribution in [0.3, 0.4) is 0 Å². The summed E-state index contributed by atoms with van der Waals surface area (Å²) in [6.45, 7) is 3.45. The van der Waals surface area contributed by atoms with E-state index in [2.05, 4.69) is 10.4 Å². The number of hydrogen-bond acceptors (Lipinski definition) is 5. The van der Waals surface area contributed by atoms with Gasteiger partial charge in [-0.25, -0.2) is 4.68 Å². The van der Waals surface area contributed by atoms with E-state index in [0.717, 1.165) is 10.2 Å². The lowest BCUT2D eigenvalue weighted by Gasteiger charge is -2.15. The lowest BCUT2D eigenvalue weighted by atomic mass is 9.95. The first-order chi connectivity index (χ1) is 15.4. The molecule has 0 spiro atoms. The van der Waals surface area contributed by atoms with Crippen LogP contribution < -0.4 is 10.9 Å². The average Bonchev–Trinajstić information content (AvgIpc) is 3.08. The van der Waals surface area contributed by atoms with Gasteiger partial charge >= 0.3 is 0 Å². The van der Waals surface area contributed by atoms with Crippen molar-refractivity contribution >= 4 is 11.8 Å². The van der Waals surface area contributed by atoms with Crippen LogP contribution in [-0.2, 0) is 7.05 Å². The van der Waals surface area contributed by atoms with Gasteiger partial charge in [-0.3, -0.25) is 14.9 Å². The van der Waals surface area contributed by atoms with Crippen molar-refractivity contribution in [1.29, 1.82) is 5.26 Å². The summed E-state index contributed by atoms with van der Waals surface area (Å²) < 4.78 is 6.73. The van der Waals surface area contributed by atoms with Crippen LogP contribution >= 0.6 is 0 Å². The third kappa shape index (κ3) is 3.59. The highest BCUT2D eigenvalue weighted by Gasteiger charge is 2.26. The maximum absolute atomic E-state index is 13.4. The number of amides is 1. The average molecular weight is 424 g/mol. The maximum atomic E-state index is 13.4. The van der Waals surface area contributed by atoms with Crippen LogP contribution in [0, 0.1) is 25.2 Å². The number of hydrogen-bond donors (Lipinski definition) is 1. The van der Waals surface area contributed by atoms with Gasteiger partial charge in [-0.15, -0.1) is 0 Å². The number of aryl methyl sites for hydroxylation is 2. The number of nitriles is 1. The second kappa shape index (κ2) is 8.36. The Morgan fingerprint density at radius 3 is 2.22 bits per heavy atom. The highest BCUT2D eigenvalue weighted by molar-refractivity contribution is 6.10. The quantitative estimate of drug-likeness (QED) is 0.522. The Bertz CT molecular complexity index is 1410. The largest absolute Gasteiger partial charge is 0.444 e. The number of nitrogens with one attached hydrogen (secondary N) is 1. The van der Waals surface area contributed by atoms with Gasteiger partial charge in [0.2, 0.25) is 5.88 Å². The van der Waals surface area contributed by atoms with E-state index in [1.165, 1.54) is 7.05 Å². The van der Waals surface area contributed by atoms with Crippen molar-refractivity contribution in [3.8, 4) is 28.5 Å². The van der Waals surface area contributed by atoms with Crippen LogP contribution in [0.4, 0.5) is 5.88 Å². The maximum Gasteiger partial charge on any atom is 0.280 e. The third-order valence-corrected chi connectivity index (χ3v) is 5.31. The van der Waals surface area contributed by atoms with Gasteiger partial charge in [-0.1, -0.05) is 60.7 Å². The number of rotatable bonds is 4. The fourth-order valence-electron chi connectivity index (χ4n) is 3.54. The van der Waals surface area contributed by atoms with Crippen LogP contribution in [0.25, 0.3) is 22.4 Å². The van der Waals surface area contributed by atoms with Crippen molar-refractivity contribution in [1.82, 2.24) is 9.78 Å². The van der Waals surface area contributed by atoms with Crippen molar-refractivity contribution in [2.75, 3.05) is 5.32 Å². The molecular formula is C25H20N4O3. The van der Waals surface area contributed by atoms with E-state index in [0.29, 0.717) is 28.1 Å². The molecule has 1 amide bonds. The van der Waals surface area contributed by atoms with Crippen molar-refractivity contribution in [3.63, 3.8) is 0 Å². The van der Waals surface area contributed by atoms with Gasteiger partial charge in [0.05, 0.1) is 5.69 Å². The summed E-state index contributed by atoms with van der Waals surface area (Å²) in [4.78, 5) is 26.6. The number of anilines is 1. The number of carbonyl (C=O) groups excluding carboxylic acids is 1. The molecule has 0 aliphatic heterocycles. The molecule has 4 rings (SSSR count). The zero-order valence-electron chi connectivity index (χ0n) is 17.8. The molecule has 158 valence electrons. The highest BCUT2D eigenvalue weighted by Crippen LogP contribution is 2.33. The summed E-state index contributed by atoms with van der Waals surface area (Å²) in [6, 6.07) is 20.6. The molecule has 2 aromatic carbocycles. The molecule has 1 N–H and O–H groups in total. The second-order valence-electron chi connectivity index (χ2n) is 7.31. The van der Waals surface area contributed by atoms with Crippen LogP contribution in [0.15, 0.2) is 69.9 Å². The van der Waals surface area contributed by atoms with Gasteiger partial charge in [-0.2, -0.15) is 10.4 Å². The normalized spacial score (nSPS) is 10.6. The Hall–Kier alpha value is -4.44. The van der Waals surface area contributed by atoms with Crippen molar-refractivity contribution in [3.05, 3.63) is 93.5 Å². The minimum absolute atomic E-state index is 0.0200. The number of furan rings is 1. The molecule has 0 aliphatic rings. The van der Waals surface area contributed by atoms with Crippen molar-refractivity contribution < 1.29 is 9.21 Å². The first kappa shape index (κ1) is 20.8. The number of benzene rings is 2. The third-order valence-electron chi connectivity index (χ3n) is 5.31. The van der Waals surface area contributed by atoms with Gasteiger partial charge in [-0.05, 0) is 19.4 Å². The second-order valence-corrected chi connectivity index (χ2v) is 7.31. The number of nitrogens with zero attached hydrogens (tertiary/aromatic N) is 3. The molecule has 7 nitrogen and oxygen atoms in total. The molecule has 0 saturated carbocycles. The molecule has 0 atom stereocenters. The SMILES string of the molecule is Cc1oc(NC(=O)c2c(-c3ccccc3)c(-c3ccccc3)nn(C)c2=O)c(C#N)c1C. The first-order valence-electron chi connectivity index (χ1n) is 9.96. The topological polar surface area (TPSA) is 101 Å². The number of carbonyl (C=O) groups is 1. The smallest absolute Gasteiger partial charge is 0.280 e. The van der Waals surface area contributed by atoms with E-state index >= 15 is 0 Å². The van der Waals surface area contributed by atoms with E-state index in [4.69, 9.17) is 4.42 Å². The zero-order chi connectivity index (χ0) is 22.8. The Labute approximate surface area is 184 Å². The summed E-state index contributed by atoms with van der Waals surface area (Å²) in [5, 5.41) is 16.6. The van der Waals surface area contributed by atoms with Gasteiger partial charge in [0.1, 0.15) is 23.0 Å². The van der Waals surface area contributed by atoms with E-state index in [9.17, 15) is 14.9 Å². The first-order valence-corrected chi connectivity index (χ1v) is 9.96. The Morgan fingerprint density at radius 1 is 1.03 bits per heavy atom. The lowest BCUT2D eigenvalue weighted by molar-refractivity contribution is 0.102. The fraction of sp³-hybridized carbons (Fsp3) is 0.120. The monoisotopic (exact) mass is 424 g/mol. The van der Waals surface area contributed by atoms with Gasteiger partial charge in [0.15, 0.2) is 0 Å². The van der Waals surface area contributed by atoms with Crippen molar-refractivity contribution in [2.45, 2.75) is 13.8 Å². The standard InChI is InChI=1S/C25H20N4O3/c1-15-16(2)32-24(19(15)14-26)27-23(30)21-20(17-10-6-4-7-11-17)22(28-29(3)25(21)31)18-12-8-5-9-13-18/h4-13H,1-3H3,(H,27,30). The van der Waals surface area contributed by atoms with E-state index in [1.54, 1.807) is 13.8 Å². The minimum atomic E-state index is -0.672. The predicted molar refractivity (Wildman–Crippen MR) is 121 cm³/mol. The molecular weight excluding hydrogens is 404 g/mol. The predicted octanol–water partition coefficient (Wildman–Crippen LogP) is 4.45. The molecule has 7 heteroatoms. The van der Waals surface area contributed by atoms with E-state index < -0.39 is 11.5 Å². The summed E-state index contributed by atoms with van der Waals surface area (Å²) in [7, 11) is 1.50. The molecule has 32 heavy (non-hydrogen) atoms. The Balaban J connectivity index is 1.97.